The van der Waals surface area contributed by atoms with Gasteiger partial charge >= 0.3 is 0 Å². The predicted octanol–water partition coefficient (Wildman–Crippen LogP) is 1.88. The van der Waals surface area contributed by atoms with E-state index in [4.69, 9.17) is 16.7 Å². The van der Waals surface area contributed by atoms with Gasteiger partial charge in [-0.2, -0.15) is 0 Å². The third-order valence-electron chi connectivity index (χ3n) is 2.45. The van der Waals surface area contributed by atoms with E-state index in [9.17, 15) is 0 Å². The van der Waals surface area contributed by atoms with Gasteiger partial charge in [-0.3, -0.25) is 0 Å². The van der Waals surface area contributed by atoms with E-state index in [-0.39, 0.29) is 6.61 Å². The summed E-state index contributed by atoms with van der Waals surface area (Å²) in [5.74, 6) is 0. The minimum absolute atomic E-state index is 0.153. The maximum Gasteiger partial charge on any atom is 0.0606 e. The van der Waals surface area contributed by atoms with Gasteiger partial charge < -0.3 is 15.3 Å². The normalized spacial score (nSPS) is 10.5. The van der Waals surface area contributed by atoms with Crippen molar-refractivity contribution in [2.45, 2.75) is 13.5 Å². The Balaban J connectivity index is 2.88. The Bertz CT molecular complexity index is 331. The molecule has 1 aromatic carbocycles. The van der Waals surface area contributed by atoms with Crippen molar-refractivity contribution in [1.82, 2.24) is 5.32 Å². The molecule has 0 aliphatic carbocycles. The highest BCUT2D eigenvalue weighted by Gasteiger charge is 2.07. The number of likely N-dealkylation sites (N-methyl/N-ethyl adjacent to an activating group) is 1. The molecule has 0 heterocycles. The van der Waals surface area contributed by atoms with Crippen LogP contribution in [-0.2, 0) is 6.54 Å². The average Bonchev–Trinajstić information content (AvgIpc) is 2.26. The van der Waals surface area contributed by atoms with Crippen LogP contribution in [0.25, 0.3) is 0 Å². The van der Waals surface area contributed by atoms with Crippen LogP contribution in [0.3, 0.4) is 0 Å². The number of halogens is 1. The van der Waals surface area contributed by atoms with Crippen molar-refractivity contribution in [3.05, 3.63) is 28.8 Å². The molecule has 1 rings (SSSR count). The fourth-order valence-corrected chi connectivity index (χ4v) is 1.79. The Morgan fingerprint density at radius 3 is 2.81 bits per heavy atom. The van der Waals surface area contributed by atoms with Gasteiger partial charge in [0.2, 0.25) is 0 Å². The number of rotatable bonds is 6. The Labute approximate surface area is 102 Å². The maximum atomic E-state index is 8.94. The lowest BCUT2D eigenvalue weighted by molar-refractivity contribution is 0.304. The largest absolute Gasteiger partial charge is 0.395 e. The van der Waals surface area contributed by atoms with Gasteiger partial charge in [-0.05, 0) is 30.3 Å². The predicted molar refractivity (Wildman–Crippen MR) is 69.2 cm³/mol. The van der Waals surface area contributed by atoms with Crippen molar-refractivity contribution >= 4 is 17.3 Å². The Hall–Kier alpha value is -0.770. The molecule has 0 amide bonds. The topological polar surface area (TPSA) is 35.5 Å². The fourth-order valence-electron chi connectivity index (χ4n) is 1.60. The summed E-state index contributed by atoms with van der Waals surface area (Å²) in [5, 5.41) is 13.0. The molecular formula is C12H19ClN2O. The van der Waals surface area contributed by atoms with Crippen LogP contribution in [0.2, 0.25) is 5.02 Å². The van der Waals surface area contributed by atoms with E-state index in [1.54, 1.807) is 0 Å². The lowest BCUT2D eigenvalue weighted by Gasteiger charge is -2.22. The van der Waals surface area contributed by atoms with Gasteiger partial charge in [-0.15, -0.1) is 0 Å². The summed E-state index contributed by atoms with van der Waals surface area (Å²) in [4.78, 5) is 2.03. The van der Waals surface area contributed by atoms with E-state index in [1.807, 2.05) is 30.1 Å². The van der Waals surface area contributed by atoms with Crippen molar-refractivity contribution in [2.24, 2.45) is 0 Å². The highest BCUT2D eigenvalue weighted by atomic mass is 35.5. The third-order valence-corrected chi connectivity index (χ3v) is 2.69. The van der Waals surface area contributed by atoms with Gasteiger partial charge in [0.15, 0.2) is 0 Å². The number of hydrogen-bond acceptors (Lipinski definition) is 3. The number of hydrogen-bond donors (Lipinski definition) is 2. The van der Waals surface area contributed by atoms with E-state index < -0.39 is 0 Å². The standard InChI is InChI=1S/C12H19ClN2O/c1-3-14-9-10-8-11(13)4-5-12(10)15(2)6-7-16/h4-5,8,14,16H,3,6-7,9H2,1-2H3. The smallest absolute Gasteiger partial charge is 0.0606 e. The first-order valence-corrected chi connectivity index (χ1v) is 5.88. The molecule has 90 valence electrons. The first-order valence-electron chi connectivity index (χ1n) is 5.50. The fraction of sp³-hybridized carbons (Fsp3) is 0.500. The Kier molecular flexibility index (Phi) is 5.60. The Morgan fingerprint density at radius 2 is 2.19 bits per heavy atom. The van der Waals surface area contributed by atoms with Crippen LogP contribution in [0.4, 0.5) is 5.69 Å². The molecule has 2 N–H and O–H groups in total. The molecule has 0 aromatic heterocycles. The zero-order valence-electron chi connectivity index (χ0n) is 9.83. The van der Waals surface area contributed by atoms with Gasteiger partial charge in [-0.1, -0.05) is 18.5 Å². The summed E-state index contributed by atoms with van der Waals surface area (Å²) in [6.45, 7) is 4.57. The molecule has 0 saturated heterocycles. The first-order chi connectivity index (χ1) is 7.69. The summed E-state index contributed by atoms with van der Waals surface area (Å²) < 4.78 is 0. The van der Waals surface area contributed by atoms with Crippen LogP contribution in [0.15, 0.2) is 18.2 Å². The number of nitrogens with zero attached hydrogens (tertiary/aromatic N) is 1. The van der Waals surface area contributed by atoms with Crippen molar-refractivity contribution in [2.75, 3.05) is 31.6 Å². The molecule has 0 fully saturated rings. The summed E-state index contributed by atoms with van der Waals surface area (Å²) in [5.41, 5.74) is 2.27. The monoisotopic (exact) mass is 242 g/mol. The molecule has 0 atom stereocenters. The molecule has 0 radical (unpaired) electrons. The molecule has 16 heavy (non-hydrogen) atoms. The van der Waals surface area contributed by atoms with E-state index in [2.05, 4.69) is 12.2 Å². The Morgan fingerprint density at radius 1 is 1.44 bits per heavy atom. The second-order valence-electron chi connectivity index (χ2n) is 3.70. The number of anilines is 1. The summed E-state index contributed by atoms with van der Waals surface area (Å²) in [6.07, 6.45) is 0. The number of aliphatic hydroxyl groups excluding tert-OH is 1. The van der Waals surface area contributed by atoms with Gasteiger partial charge in [-0.25, -0.2) is 0 Å². The van der Waals surface area contributed by atoms with Crippen LogP contribution >= 0.6 is 11.6 Å². The maximum absolute atomic E-state index is 8.94. The van der Waals surface area contributed by atoms with Crippen molar-refractivity contribution in [3.8, 4) is 0 Å². The van der Waals surface area contributed by atoms with Crippen molar-refractivity contribution in [1.29, 1.82) is 0 Å². The third kappa shape index (κ3) is 3.67. The molecule has 0 spiro atoms. The second kappa shape index (κ2) is 6.74. The number of benzene rings is 1. The van der Waals surface area contributed by atoms with E-state index >= 15 is 0 Å². The van der Waals surface area contributed by atoms with Gasteiger partial charge in [0.25, 0.3) is 0 Å². The lowest BCUT2D eigenvalue weighted by Crippen LogP contribution is -2.24. The average molecular weight is 243 g/mol. The molecule has 0 aliphatic rings. The van der Waals surface area contributed by atoms with Crippen LogP contribution in [0.5, 0.6) is 0 Å². The zero-order chi connectivity index (χ0) is 12.0. The lowest BCUT2D eigenvalue weighted by atomic mass is 10.1. The van der Waals surface area contributed by atoms with Crippen LogP contribution in [-0.4, -0.2) is 31.9 Å². The first kappa shape index (κ1) is 13.3. The van der Waals surface area contributed by atoms with Gasteiger partial charge in [0.1, 0.15) is 0 Å². The molecule has 0 bridgehead atoms. The summed E-state index contributed by atoms with van der Waals surface area (Å²) >= 11 is 5.98. The molecule has 0 unspecified atom stereocenters. The minimum atomic E-state index is 0.153. The second-order valence-corrected chi connectivity index (χ2v) is 4.13. The van der Waals surface area contributed by atoms with Gasteiger partial charge in [0, 0.05) is 30.8 Å². The molecular weight excluding hydrogens is 224 g/mol. The highest BCUT2D eigenvalue weighted by molar-refractivity contribution is 6.30. The molecule has 0 saturated carbocycles. The number of aliphatic hydroxyl groups is 1. The highest BCUT2D eigenvalue weighted by Crippen LogP contribution is 2.23. The SMILES string of the molecule is CCNCc1cc(Cl)ccc1N(C)CCO. The van der Waals surface area contributed by atoms with E-state index in [1.165, 1.54) is 0 Å². The molecule has 3 nitrogen and oxygen atoms in total. The minimum Gasteiger partial charge on any atom is -0.395 e. The molecule has 0 aliphatic heterocycles. The summed E-state index contributed by atoms with van der Waals surface area (Å²) in [6, 6.07) is 5.83. The van der Waals surface area contributed by atoms with E-state index in [0.717, 1.165) is 29.4 Å². The van der Waals surface area contributed by atoms with Crippen molar-refractivity contribution in [3.63, 3.8) is 0 Å². The number of nitrogens with one attached hydrogen (secondary N) is 1. The summed E-state index contributed by atoms with van der Waals surface area (Å²) in [7, 11) is 1.97. The van der Waals surface area contributed by atoms with Crippen LogP contribution in [0, 0.1) is 0 Å². The quantitative estimate of drug-likeness (QED) is 0.800. The molecule has 1 aromatic rings. The zero-order valence-corrected chi connectivity index (χ0v) is 10.6. The molecule has 4 heteroatoms. The van der Waals surface area contributed by atoms with Crippen LogP contribution < -0.4 is 10.2 Å². The van der Waals surface area contributed by atoms with Crippen LogP contribution in [0.1, 0.15) is 12.5 Å². The van der Waals surface area contributed by atoms with Crippen molar-refractivity contribution < 1.29 is 5.11 Å². The van der Waals surface area contributed by atoms with E-state index in [0.29, 0.717) is 6.54 Å². The van der Waals surface area contributed by atoms with Gasteiger partial charge in [0.05, 0.1) is 6.61 Å².